The zero-order chi connectivity index (χ0) is 26.1. The maximum atomic E-state index is 13.4. The Morgan fingerprint density at radius 1 is 0.889 bits per heavy atom. The van der Waals surface area contributed by atoms with Crippen molar-refractivity contribution in [2.75, 3.05) is 6.54 Å². The molecule has 0 aliphatic rings. The Balaban J connectivity index is 1.87. The highest BCUT2D eigenvalue weighted by molar-refractivity contribution is 7.87. The molecule has 0 fully saturated rings. The second kappa shape index (κ2) is 12.8. The third kappa shape index (κ3) is 8.01. The first-order valence-corrected chi connectivity index (χ1v) is 13.2. The van der Waals surface area contributed by atoms with Crippen molar-refractivity contribution >= 4 is 27.6 Å². The van der Waals surface area contributed by atoms with Crippen molar-refractivity contribution in [3.8, 4) is 5.75 Å². The third-order valence-corrected chi connectivity index (χ3v) is 6.90. The predicted molar refractivity (Wildman–Crippen MR) is 134 cm³/mol. The topological polar surface area (TPSA) is 89.7 Å². The van der Waals surface area contributed by atoms with Crippen LogP contribution in [0.2, 0.25) is 5.02 Å². The quantitative estimate of drug-likeness (QED) is 0.246. The summed E-state index contributed by atoms with van der Waals surface area (Å²) in [7, 11) is -4.27. The number of hydrogen-bond acceptors (Lipinski definition) is 5. The zero-order valence-electron chi connectivity index (χ0n) is 19.5. The molecular weight excluding hydrogens is 510 g/mol. The Bertz CT molecular complexity index is 1270. The number of rotatable bonds is 12. The van der Waals surface area contributed by atoms with Crippen molar-refractivity contribution in [1.29, 1.82) is 0 Å². The minimum Gasteiger partial charge on any atom is -0.379 e. The molecule has 0 radical (unpaired) electrons. The second-order valence-corrected chi connectivity index (χ2v) is 10.2. The summed E-state index contributed by atoms with van der Waals surface area (Å²) in [4.78, 5) is 14.4. The maximum Gasteiger partial charge on any atom is 0.339 e. The van der Waals surface area contributed by atoms with E-state index in [1.165, 1.54) is 30.3 Å². The Kier molecular flexibility index (Phi) is 9.81. The molecule has 0 saturated heterocycles. The monoisotopic (exact) mass is 536 g/mol. The fourth-order valence-electron chi connectivity index (χ4n) is 3.52. The molecule has 0 atom stereocenters. The van der Waals surface area contributed by atoms with Gasteiger partial charge in [0.25, 0.3) is 0 Å². The van der Waals surface area contributed by atoms with E-state index >= 15 is 0 Å². The van der Waals surface area contributed by atoms with Gasteiger partial charge in [-0.2, -0.15) is 8.42 Å². The number of unbranched alkanes of at least 4 members (excludes halogenated alkanes) is 2. The highest BCUT2D eigenvalue weighted by atomic mass is 35.5. The van der Waals surface area contributed by atoms with Crippen molar-refractivity contribution in [2.45, 2.75) is 43.7 Å². The molecule has 0 heterocycles. The lowest BCUT2D eigenvalue weighted by molar-refractivity contribution is -0.132. The fourth-order valence-corrected chi connectivity index (χ4v) is 4.68. The van der Waals surface area contributed by atoms with Gasteiger partial charge in [0.05, 0.1) is 0 Å². The molecule has 3 aromatic rings. The summed E-state index contributed by atoms with van der Waals surface area (Å²) in [5.41, 5.74) is 6.60. The van der Waals surface area contributed by atoms with Crippen LogP contribution in [0, 0.1) is 11.6 Å². The van der Waals surface area contributed by atoms with E-state index in [-0.39, 0.29) is 36.1 Å². The van der Waals surface area contributed by atoms with E-state index in [2.05, 4.69) is 0 Å². The molecule has 3 aromatic carbocycles. The molecule has 0 spiro atoms. The summed E-state index contributed by atoms with van der Waals surface area (Å²) in [6.07, 6.45) is 2.52. The SMILES string of the molecule is NCCCCCC(=O)N(Cc1ccc(F)cc1)Cc1cc(Cl)ccc1OS(=O)(=O)c1ccc(F)cc1. The van der Waals surface area contributed by atoms with Gasteiger partial charge in [-0.05, 0) is 79.5 Å². The van der Waals surface area contributed by atoms with Crippen LogP contribution in [0.1, 0.15) is 36.8 Å². The first kappa shape index (κ1) is 27.6. The molecule has 2 N–H and O–H groups in total. The third-order valence-electron chi connectivity index (χ3n) is 5.42. The molecular formula is C26H27ClF2N2O4S. The number of carbonyl (C=O) groups excluding carboxylic acids is 1. The number of nitrogens with zero attached hydrogens (tertiary/aromatic N) is 1. The van der Waals surface area contributed by atoms with Crippen LogP contribution in [0.25, 0.3) is 0 Å². The van der Waals surface area contributed by atoms with E-state index in [1.807, 2.05) is 0 Å². The molecule has 10 heteroatoms. The Labute approximate surface area is 214 Å². The van der Waals surface area contributed by atoms with Crippen LogP contribution < -0.4 is 9.92 Å². The van der Waals surface area contributed by atoms with E-state index in [0.29, 0.717) is 29.1 Å². The largest absolute Gasteiger partial charge is 0.379 e. The predicted octanol–water partition coefficient (Wildman–Crippen LogP) is 5.43. The van der Waals surface area contributed by atoms with Crippen molar-refractivity contribution < 1.29 is 26.2 Å². The van der Waals surface area contributed by atoms with Gasteiger partial charge in [-0.15, -0.1) is 0 Å². The van der Waals surface area contributed by atoms with Crippen LogP contribution in [0.5, 0.6) is 5.75 Å². The molecule has 0 unspecified atom stereocenters. The van der Waals surface area contributed by atoms with Gasteiger partial charge in [-0.3, -0.25) is 4.79 Å². The van der Waals surface area contributed by atoms with Crippen LogP contribution in [0.4, 0.5) is 8.78 Å². The first-order valence-electron chi connectivity index (χ1n) is 11.4. The van der Waals surface area contributed by atoms with E-state index in [9.17, 15) is 22.0 Å². The minimum absolute atomic E-state index is 0.00191. The second-order valence-electron chi connectivity index (χ2n) is 8.22. The van der Waals surface area contributed by atoms with E-state index < -0.39 is 21.8 Å². The zero-order valence-corrected chi connectivity index (χ0v) is 21.1. The standard InChI is InChI=1S/C26H27ClF2N2O4S/c27-21-7-14-25(35-36(33,34)24-12-10-23(29)11-13-24)20(16-21)18-31(26(32)4-2-1-3-15-30)17-19-5-8-22(28)9-6-19/h5-14,16H,1-4,15,17-18,30H2. The van der Waals surface area contributed by atoms with Crippen LogP contribution in [0.3, 0.4) is 0 Å². The lowest BCUT2D eigenvalue weighted by atomic mass is 10.1. The normalized spacial score (nSPS) is 11.3. The summed E-state index contributed by atoms with van der Waals surface area (Å²) in [5, 5.41) is 0.327. The molecule has 0 aliphatic carbocycles. The molecule has 6 nitrogen and oxygen atoms in total. The average Bonchev–Trinajstić information content (AvgIpc) is 2.84. The Hall–Kier alpha value is -3.01. The lowest BCUT2D eigenvalue weighted by Crippen LogP contribution is -2.30. The molecule has 0 aliphatic heterocycles. The molecule has 0 saturated carbocycles. The lowest BCUT2D eigenvalue weighted by Gasteiger charge is -2.24. The van der Waals surface area contributed by atoms with Gasteiger partial charge in [0.1, 0.15) is 22.3 Å². The van der Waals surface area contributed by atoms with Gasteiger partial charge in [-0.1, -0.05) is 30.2 Å². The number of amides is 1. The summed E-state index contributed by atoms with van der Waals surface area (Å²) in [5.74, 6) is -1.15. The summed E-state index contributed by atoms with van der Waals surface area (Å²) in [6.45, 7) is 0.716. The summed E-state index contributed by atoms with van der Waals surface area (Å²) >= 11 is 6.18. The van der Waals surface area contributed by atoms with Crippen LogP contribution in [-0.4, -0.2) is 25.8 Å². The smallest absolute Gasteiger partial charge is 0.339 e. The van der Waals surface area contributed by atoms with Crippen molar-refractivity contribution in [3.63, 3.8) is 0 Å². The highest BCUT2D eigenvalue weighted by Gasteiger charge is 2.22. The minimum atomic E-state index is -4.27. The van der Waals surface area contributed by atoms with Gasteiger partial charge in [0, 0.05) is 30.1 Å². The number of carbonyl (C=O) groups is 1. The number of benzene rings is 3. The Morgan fingerprint density at radius 2 is 1.53 bits per heavy atom. The number of hydrogen-bond donors (Lipinski definition) is 1. The summed E-state index contributed by atoms with van der Waals surface area (Å²) < 4.78 is 57.6. The van der Waals surface area contributed by atoms with Gasteiger partial charge in [0.15, 0.2) is 0 Å². The average molecular weight is 537 g/mol. The van der Waals surface area contributed by atoms with Crippen molar-refractivity contribution in [1.82, 2.24) is 4.90 Å². The molecule has 1 amide bonds. The van der Waals surface area contributed by atoms with Gasteiger partial charge in [-0.25, -0.2) is 8.78 Å². The van der Waals surface area contributed by atoms with E-state index in [4.69, 9.17) is 21.5 Å². The van der Waals surface area contributed by atoms with Gasteiger partial charge in [0.2, 0.25) is 5.91 Å². The fraction of sp³-hybridized carbons (Fsp3) is 0.269. The highest BCUT2D eigenvalue weighted by Crippen LogP contribution is 2.28. The Morgan fingerprint density at radius 3 is 2.17 bits per heavy atom. The maximum absolute atomic E-state index is 13.4. The summed E-state index contributed by atoms with van der Waals surface area (Å²) in [6, 6.07) is 14.4. The molecule has 3 rings (SSSR count). The molecule has 0 aromatic heterocycles. The first-order chi connectivity index (χ1) is 17.2. The number of halogens is 3. The van der Waals surface area contributed by atoms with Crippen molar-refractivity contribution in [3.05, 3.63) is 94.5 Å². The van der Waals surface area contributed by atoms with Gasteiger partial charge < -0.3 is 14.8 Å². The van der Waals surface area contributed by atoms with Crippen molar-refractivity contribution in [2.24, 2.45) is 5.73 Å². The number of nitrogens with two attached hydrogens (primary N) is 1. The van der Waals surface area contributed by atoms with E-state index in [0.717, 1.165) is 37.1 Å². The van der Waals surface area contributed by atoms with Crippen LogP contribution in [0.15, 0.2) is 71.6 Å². The molecule has 36 heavy (non-hydrogen) atoms. The van der Waals surface area contributed by atoms with Crippen LogP contribution in [-0.2, 0) is 28.0 Å². The van der Waals surface area contributed by atoms with Crippen LogP contribution >= 0.6 is 11.6 Å². The van der Waals surface area contributed by atoms with E-state index in [1.54, 1.807) is 17.0 Å². The molecule has 192 valence electrons. The van der Waals surface area contributed by atoms with Gasteiger partial charge >= 0.3 is 10.1 Å². The molecule has 0 bridgehead atoms.